The third-order valence-corrected chi connectivity index (χ3v) is 3.52. The van der Waals surface area contributed by atoms with Gasteiger partial charge in [0.1, 0.15) is 12.0 Å². The number of carbonyl (C=O) groups excluding carboxylic acids is 1. The van der Waals surface area contributed by atoms with Crippen molar-refractivity contribution in [3.63, 3.8) is 0 Å². The first kappa shape index (κ1) is 16.7. The van der Waals surface area contributed by atoms with E-state index in [1.165, 1.54) is 24.3 Å². The highest BCUT2D eigenvalue weighted by molar-refractivity contribution is 5.77. The fourth-order valence-corrected chi connectivity index (χ4v) is 2.35. The van der Waals surface area contributed by atoms with E-state index >= 15 is 0 Å². The first-order valence-corrected chi connectivity index (χ1v) is 7.32. The highest BCUT2D eigenvalue weighted by Gasteiger charge is 2.30. The van der Waals surface area contributed by atoms with Gasteiger partial charge < -0.3 is 4.74 Å². The second-order valence-corrected chi connectivity index (χ2v) is 5.24. The van der Waals surface area contributed by atoms with Crippen LogP contribution in [0.15, 0.2) is 66.9 Å². The highest BCUT2D eigenvalue weighted by atomic mass is 19.4. The van der Waals surface area contributed by atoms with Crippen LogP contribution in [0.2, 0.25) is 0 Å². The van der Waals surface area contributed by atoms with Crippen molar-refractivity contribution in [2.45, 2.75) is 6.36 Å². The van der Waals surface area contributed by atoms with E-state index in [-0.39, 0.29) is 5.75 Å². The van der Waals surface area contributed by atoms with E-state index in [4.69, 9.17) is 0 Å². The van der Waals surface area contributed by atoms with Crippen LogP contribution in [0.3, 0.4) is 0 Å². The van der Waals surface area contributed by atoms with Crippen molar-refractivity contribution in [2.24, 2.45) is 0 Å². The van der Waals surface area contributed by atoms with Crippen molar-refractivity contribution in [1.82, 2.24) is 4.98 Å². The fraction of sp³-hybridized carbons (Fsp3) is 0.0526. The molecule has 0 bridgehead atoms. The van der Waals surface area contributed by atoms with Gasteiger partial charge in [-0.2, -0.15) is 0 Å². The molecule has 0 aliphatic heterocycles. The Kier molecular flexibility index (Phi) is 4.52. The van der Waals surface area contributed by atoms with Gasteiger partial charge >= 0.3 is 6.36 Å². The molecule has 0 unspecified atom stereocenters. The summed E-state index contributed by atoms with van der Waals surface area (Å²) in [5.41, 5.74) is 3.67. The zero-order valence-corrected chi connectivity index (χ0v) is 12.8. The Hall–Kier alpha value is -3.15. The molecule has 0 aliphatic carbocycles. The van der Waals surface area contributed by atoms with E-state index in [0.29, 0.717) is 16.8 Å². The zero-order valence-electron chi connectivity index (χ0n) is 12.8. The van der Waals surface area contributed by atoms with Crippen LogP contribution >= 0.6 is 0 Å². The maximum atomic E-state index is 12.2. The third-order valence-electron chi connectivity index (χ3n) is 3.52. The molecule has 0 saturated heterocycles. The van der Waals surface area contributed by atoms with Gasteiger partial charge in [-0.15, -0.1) is 13.2 Å². The lowest BCUT2D eigenvalue weighted by Crippen LogP contribution is -2.16. The van der Waals surface area contributed by atoms with Gasteiger partial charge in [0.25, 0.3) is 0 Å². The molecule has 0 spiro atoms. The Balaban J connectivity index is 1.86. The van der Waals surface area contributed by atoms with Gasteiger partial charge in [-0.1, -0.05) is 24.3 Å². The second-order valence-electron chi connectivity index (χ2n) is 5.24. The molecule has 3 aromatic rings. The molecule has 0 radical (unpaired) electrons. The van der Waals surface area contributed by atoms with E-state index in [0.717, 1.165) is 17.4 Å². The summed E-state index contributed by atoms with van der Waals surface area (Å²) in [6, 6.07) is 16.2. The molecule has 0 atom stereocenters. The quantitative estimate of drug-likeness (QED) is 0.617. The van der Waals surface area contributed by atoms with Crippen LogP contribution in [0.4, 0.5) is 13.2 Å². The maximum Gasteiger partial charge on any atom is 0.573 e. The fourth-order valence-electron chi connectivity index (χ4n) is 2.35. The second kappa shape index (κ2) is 6.76. The van der Waals surface area contributed by atoms with Gasteiger partial charge in [0, 0.05) is 17.3 Å². The number of pyridine rings is 1. The summed E-state index contributed by atoms with van der Waals surface area (Å²) >= 11 is 0. The number of alkyl halides is 3. The molecule has 6 heteroatoms. The number of rotatable bonds is 4. The van der Waals surface area contributed by atoms with Crippen LogP contribution in [-0.2, 0) is 0 Å². The highest BCUT2D eigenvalue weighted by Crippen LogP contribution is 2.28. The smallest absolute Gasteiger partial charge is 0.406 e. The lowest BCUT2D eigenvalue weighted by atomic mass is 10.0. The van der Waals surface area contributed by atoms with E-state index in [2.05, 4.69) is 9.72 Å². The van der Waals surface area contributed by atoms with E-state index in [1.807, 2.05) is 24.3 Å². The van der Waals surface area contributed by atoms with Crippen LogP contribution in [0.5, 0.6) is 5.75 Å². The largest absolute Gasteiger partial charge is 0.573 e. The summed E-state index contributed by atoms with van der Waals surface area (Å²) in [5.74, 6) is -0.281. The number of benzene rings is 2. The molecule has 3 rings (SSSR count). The summed E-state index contributed by atoms with van der Waals surface area (Å²) in [7, 11) is 0. The Morgan fingerprint density at radius 2 is 1.48 bits per heavy atom. The van der Waals surface area contributed by atoms with Gasteiger partial charge in [0.2, 0.25) is 0 Å². The van der Waals surface area contributed by atoms with Crippen LogP contribution in [0.1, 0.15) is 10.4 Å². The molecule has 0 aliphatic rings. The van der Waals surface area contributed by atoms with Crippen molar-refractivity contribution < 1.29 is 22.7 Å². The normalized spacial score (nSPS) is 11.2. The number of nitrogens with zero attached hydrogens (tertiary/aromatic N) is 1. The molecular weight excluding hydrogens is 331 g/mol. The zero-order chi connectivity index (χ0) is 17.9. The van der Waals surface area contributed by atoms with Gasteiger partial charge in [0.05, 0.1) is 5.69 Å². The number of halogens is 3. The Bertz CT molecular complexity index is 872. The average Bonchev–Trinajstić information content (AvgIpc) is 2.61. The molecule has 3 nitrogen and oxygen atoms in total. The number of carbonyl (C=O) groups is 1. The molecule has 1 aromatic heterocycles. The number of hydrogen-bond acceptors (Lipinski definition) is 3. The van der Waals surface area contributed by atoms with Crippen LogP contribution in [0, 0.1) is 0 Å². The van der Waals surface area contributed by atoms with Gasteiger partial charge in [0.15, 0.2) is 0 Å². The minimum Gasteiger partial charge on any atom is -0.406 e. The minimum atomic E-state index is -4.71. The predicted octanol–water partition coefficient (Wildman–Crippen LogP) is 5.13. The molecule has 0 amide bonds. The first-order valence-electron chi connectivity index (χ1n) is 7.32. The third kappa shape index (κ3) is 4.23. The van der Waals surface area contributed by atoms with Gasteiger partial charge in [-0.05, 0) is 47.5 Å². The van der Waals surface area contributed by atoms with Crippen molar-refractivity contribution in [1.29, 1.82) is 0 Å². The Morgan fingerprint density at radius 1 is 0.840 bits per heavy atom. The molecule has 25 heavy (non-hydrogen) atoms. The van der Waals surface area contributed by atoms with Crippen molar-refractivity contribution in [3.05, 3.63) is 72.4 Å². The van der Waals surface area contributed by atoms with Crippen molar-refractivity contribution in [2.75, 3.05) is 0 Å². The lowest BCUT2D eigenvalue weighted by molar-refractivity contribution is -0.274. The SMILES string of the molecule is O=Cc1ccc(-c2ccnc(-c3ccc(OC(F)(F)F)cc3)c2)cc1. The molecule has 0 N–H and O–H groups in total. The molecule has 0 saturated carbocycles. The summed E-state index contributed by atoms with van der Waals surface area (Å²) in [6.45, 7) is 0. The van der Waals surface area contributed by atoms with Gasteiger partial charge in [-0.3, -0.25) is 9.78 Å². The molecule has 126 valence electrons. The average molecular weight is 343 g/mol. The van der Waals surface area contributed by atoms with Crippen molar-refractivity contribution >= 4 is 6.29 Å². The van der Waals surface area contributed by atoms with E-state index in [1.54, 1.807) is 18.3 Å². The van der Waals surface area contributed by atoms with Crippen LogP contribution in [0.25, 0.3) is 22.4 Å². The topological polar surface area (TPSA) is 39.2 Å². The summed E-state index contributed by atoms with van der Waals surface area (Å²) in [4.78, 5) is 15.0. The number of ether oxygens (including phenoxy) is 1. The maximum absolute atomic E-state index is 12.2. The summed E-state index contributed by atoms with van der Waals surface area (Å²) < 4.78 is 40.5. The van der Waals surface area contributed by atoms with Crippen molar-refractivity contribution in [3.8, 4) is 28.1 Å². The number of hydrogen-bond donors (Lipinski definition) is 0. The van der Waals surface area contributed by atoms with E-state index in [9.17, 15) is 18.0 Å². The lowest BCUT2D eigenvalue weighted by Gasteiger charge is -2.09. The number of aldehydes is 1. The molecular formula is C19H12F3NO2. The Morgan fingerprint density at radius 3 is 2.08 bits per heavy atom. The van der Waals surface area contributed by atoms with E-state index < -0.39 is 6.36 Å². The monoisotopic (exact) mass is 343 g/mol. The molecule has 0 fully saturated rings. The Labute approximate surface area is 141 Å². The van der Waals surface area contributed by atoms with Crippen LogP contribution in [-0.4, -0.2) is 17.6 Å². The minimum absolute atomic E-state index is 0.281. The molecule has 1 heterocycles. The van der Waals surface area contributed by atoms with Gasteiger partial charge in [-0.25, -0.2) is 0 Å². The standard InChI is InChI=1S/C19H12F3NO2/c20-19(21,22)25-17-7-5-15(6-8-17)18-11-16(9-10-23-18)14-3-1-13(12-24)2-4-14/h1-12H. The summed E-state index contributed by atoms with van der Waals surface area (Å²) in [5, 5.41) is 0. The summed E-state index contributed by atoms with van der Waals surface area (Å²) in [6.07, 6.45) is -2.32. The number of aromatic nitrogens is 1. The molecule has 2 aromatic carbocycles. The van der Waals surface area contributed by atoms with Crippen LogP contribution < -0.4 is 4.74 Å². The first-order chi connectivity index (χ1) is 11.9. The predicted molar refractivity (Wildman–Crippen MR) is 87.2 cm³/mol.